The maximum atomic E-state index is 11.0. The Balaban J connectivity index is 2.26. The molecule has 0 aromatic heterocycles. The van der Waals surface area contributed by atoms with Gasteiger partial charge in [0.15, 0.2) is 5.75 Å². The number of nitro groups is 1. The Morgan fingerprint density at radius 3 is 2.50 bits per heavy atom. The molecule has 10 nitrogen and oxygen atoms in total. The SMILES string of the molecule is O=C(O)NCCOC(=O)OOc1ccc([N+](=O)[O-])cc1. The largest absolute Gasteiger partial charge is 0.549 e. The molecule has 2 N–H and O–H groups in total. The predicted molar refractivity (Wildman–Crippen MR) is 62.2 cm³/mol. The molecule has 1 aromatic carbocycles. The Morgan fingerprint density at radius 2 is 1.95 bits per heavy atom. The molecule has 0 atom stereocenters. The molecule has 0 bridgehead atoms. The van der Waals surface area contributed by atoms with Crippen molar-refractivity contribution in [3.05, 3.63) is 34.4 Å². The zero-order valence-electron chi connectivity index (χ0n) is 9.98. The van der Waals surface area contributed by atoms with Crippen molar-refractivity contribution in [1.29, 1.82) is 0 Å². The molecule has 0 spiro atoms. The smallest absolute Gasteiger partial charge is 0.465 e. The summed E-state index contributed by atoms with van der Waals surface area (Å²) in [6, 6.07) is 4.80. The summed E-state index contributed by atoms with van der Waals surface area (Å²) in [4.78, 5) is 39.6. The molecule has 0 saturated carbocycles. The highest BCUT2D eigenvalue weighted by Crippen LogP contribution is 2.17. The molecule has 10 heteroatoms. The minimum Gasteiger partial charge on any atom is -0.465 e. The summed E-state index contributed by atoms with van der Waals surface area (Å²) < 4.78 is 4.46. The van der Waals surface area contributed by atoms with Crippen LogP contribution in [0, 0.1) is 10.1 Å². The predicted octanol–water partition coefficient (Wildman–Crippen LogP) is 1.31. The van der Waals surface area contributed by atoms with Crippen LogP contribution < -0.4 is 10.2 Å². The van der Waals surface area contributed by atoms with E-state index >= 15 is 0 Å². The monoisotopic (exact) mass is 286 g/mol. The lowest BCUT2D eigenvalue weighted by Crippen LogP contribution is -2.26. The van der Waals surface area contributed by atoms with E-state index in [-0.39, 0.29) is 24.6 Å². The Bertz CT molecular complexity index is 487. The number of amides is 1. The number of rotatable bonds is 6. The first-order valence-electron chi connectivity index (χ1n) is 5.21. The number of ether oxygens (including phenoxy) is 1. The van der Waals surface area contributed by atoms with Gasteiger partial charge in [-0.2, -0.15) is 4.79 Å². The van der Waals surface area contributed by atoms with Gasteiger partial charge < -0.3 is 15.2 Å². The van der Waals surface area contributed by atoms with E-state index in [1.165, 1.54) is 24.3 Å². The van der Waals surface area contributed by atoms with Gasteiger partial charge in [0.1, 0.15) is 6.61 Å². The summed E-state index contributed by atoms with van der Waals surface area (Å²) in [5, 5.41) is 20.6. The number of carboxylic acid groups (broad SMARTS) is 1. The summed E-state index contributed by atoms with van der Waals surface area (Å²) in [6.07, 6.45) is -2.42. The number of benzene rings is 1. The highest BCUT2D eigenvalue weighted by atomic mass is 17.2. The van der Waals surface area contributed by atoms with Crippen molar-refractivity contribution in [2.45, 2.75) is 0 Å². The van der Waals surface area contributed by atoms with E-state index in [2.05, 4.69) is 14.5 Å². The molecule has 0 radical (unpaired) electrons. The number of hydrogen-bond donors (Lipinski definition) is 2. The van der Waals surface area contributed by atoms with E-state index in [0.29, 0.717) is 0 Å². The van der Waals surface area contributed by atoms with E-state index in [4.69, 9.17) is 5.11 Å². The van der Waals surface area contributed by atoms with Crippen molar-refractivity contribution in [1.82, 2.24) is 5.32 Å². The molecule has 1 amide bonds. The van der Waals surface area contributed by atoms with E-state index in [9.17, 15) is 19.7 Å². The van der Waals surface area contributed by atoms with Crippen LogP contribution in [0.4, 0.5) is 15.3 Å². The van der Waals surface area contributed by atoms with E-state index in [1.807, 2.05) is 5.32 Å². The van der Waals surface area contributed by atoms with Gasteiger partial charge >= 0.3 is 12.2 Å². The van der Waals surface area contributed by atoms with Gasteiger partial charge in [0.25, 0.3) is 5.69 Å². The van der Waals surface area contributed by atoms with Crippen molar-refractivity contribution < 1.29 is 34.1 Å². The summed E-state index contributed by atoms with van der Waals surface area (Å²) >= 11 is 0. The summed E-state index contributed by atoms with van der Waals surface area (Å²) in [6.45, 7) is -0.323. The molecule has 0 unspecified atom stereocenters. The van der Waals surface area contributed by atoms with Gasteiger partial charge in [0.05, 0.1) is 11.5 Å². The molecular weight excluding hydrogens is 276 g/mol. The number of non-ortho nitro benzene ring substituents is 1. The molecular formula is C10H10N2O8. The van der Waals surface area contributed by atoms with E-state index < -0.39 is 17.2 Å². The maximum Gasteiger partial charge on any atom is 0.549 e. The van der Waals surface area contributed by atoms with Gasteiger partial charge in [-0.25, -0.2) is 9.68 Å². The highest BCUT2D eigenvalue weighted by Gasteiger charge is 2.09. The molecule has 0 saturated heterocycles. The molecule has 0 aliphatic carbocycles. The third kappa shape index (κ3) is 5.53. The van der Waals surface area contributed by atoms with Crippen molar-refractivity contribution in [3.63, 3.8) is 0 Å². The van der Waals surface area contributed by atoms with Crippen LogP contribution in [0.3, 0.4) is 0 Å². The highest BCUT2D eigenvalue weighted by molar-refractivity contribution is 5.64. The average molecular weight is 286 g/mol. The number of nitro benzene ring substituents is 1. The van der Waals surface area contributed by atoms with Crippen molar-refractivity contribution in [3.8, 4) is 5.75 Å². The van der Waals surface area contributed by atoms with Crippen LogP contribution in [-0.4, -0.2) is 35.4 Å². The minimum absolute atomic E-state index is 0.0659. The van der Waals surface area contributed by atoms with Gasteiger partial charge in [0.2, 0.25) is 0 Å². The molecule has 0 fully saturated rings. The third-order valence-electron chi connectivity index (χ3n) is 1.85. The second-order valence-electron chi connectivity index (χ2n) is 3.25. The van der Waals surface area contributed by atoms with Crippen molar-refractivity contribution in [2.75, 3.05) is 13.2 Å². The molecule has 0 heterocycles. The third-order valence-corrected chi connectivity index (χ3v) is 1.85. The fourth-order valence-electron chi connectivity index (χ4n) is 1.02. The van der Waals surface area contributed by atoms with E-state index in [0.717, 1.165) is 0 Å². The normalized spacial score (nSPS) is 9.40. The Hall–Kier alpha value is -3.04. The first-order valence-corrected chi connectivity index (χ1v) is 5.21. The standard InChI is InChI=1S/C10H10N2O8/c13-9(14)11-5-6-18-10(15)20-19-8-3-1-7(2-4-8)12(16)17/h1-4,11H,5-6H2,(H,13,14). The van der Waals surface area contributed by atoms with Crippen LogP contribution in [0.5, 0.6) is 5.75 Å². The topological polar surface area (TPSA) is 137 Å². The lowest BCUT2D eigenvalue weighted by atomic mass is 10.3. The quantitative estimate of drug-likeness (QED) is 0.262. The van der Waals surface area contributed by atoms with Crippen LogP contribution in [0.1, 0.15) is 0 Å². The van der Waals surface area contributed by atoms with Gasteiger partial charge in [-0.15, -0.1) is 0 Å². The van der Waals surface area contributed by atoms with Crippen LogP contribution >= 0.6 is 0 Å². The first kappa shape index (κ1) is 15.0. The van der Waals surface area contributed by atoms with Gasteiger partial charge in [-0.1, -0.05) is 0 Å². The number of carbonyl (C=O) groups is 2. The average Bonchev–Trinajstić information content (AvgIpc) is 2.41. The molecule has 0 aliphatic heterocycles. The summed E-state index contributed by atoms with van der Waals surface area (Å²) in [5.41, 5.74) is -0.139. The maximum absolute atomic E-state index is 11.0. The molecule has 1 rings (SSSR count). The van der Waals surface area contributed by atoms with Crippen molar-refractivity contribution in [2.24, 2.45) is 0 Å². The first-order chi connectivity index (χ1) is 9.49. The number of nitrogens with zero attached hydrogens (tertiary/aromatic N) is 1. The van der Waals surface area contributed by atoms with Crippen molar-refractivity contribution >= 4 is 17.9 Å². The number of hydrogen-bond acceptors (Lipinski definition) is 7. The fourth-order valence-corrected chi connectivity index (χ4v) is 1.02. The number of carbonyl (C=O) groups excluding carboxylic acids is 1. The zero-order valence-corrected chi connectivity index (χ0v) is 9.98. The molecule has 1 aromatic rings. The second-order valence-corrected chi connectivity index (χ2v) is 3.25. The van der Waals surface area contributed by atoms with Crippen LogP contribution in [0.2, 0.25) is 0 Å². The van der Waals surface area contributed by atoms with E-state index in [1.54, 1.807) is 0 Å². The fraction of sp³-hybridized carbons (Fsp3) is 0.200. The van der Waals surface area contributed by atoms with Crippen LogP contribution in [-0.2, 0) is 9.62 Å². The van der Waals surface area contributed by atoms with Crippen LogP contribution in [0.25, 0.3) is 0 Å². The molecule has 20 heavy (non-hydrogen) atoms. The molecule has 108 valence electrons. The Labute approximate surface area is 111 Å². The van der Waals surface area contributed by atoms with Gasteiger partial charge in [0, 0.05) is 12.1 Å². The Kier molecular flexibility index (Phi) is 5.56. The lowest BCUT2D eigenvalue weighted by Gasteiger charge is -2.05. The summed E-state index contributed by atoms with van der Waals surface area (Å²) in [5.74, 6) is 0.0659. The Morgan fingerprint density at radius 1 is 1.30 bits per heavy atom. The lowest BCUT2D eigenvalue weighted by molar-refractivity contribution is -0.384. The minimum atomic E-state index is -1.25. The van der Waals surface area contributed by atoms with Crippen LogP contribution in [0.15, 0.2) is 24.3 Å². The zero-order chi connectivity index (χ0) is 15.0. The number of nitrogens with one attached hydrogen (secondary N) is 1. The second kappa shape index (κ2) is 7.41. The summed E-state index contributed by atoms with van der Waals surface area (Å²) in [7, 11) is 0. The van der Waals surface area contributed by atoms with Gasteiger partial charge in [-0.05, 0) is 12.1 Å². The molecule has 0 aliphatic rings. The van der Waals surface area contributed by atoms with Gasteiger partial charge in [-0.3, -0.25) is 15.0 Å².